The molecule has 0 atom stereocenters. The van der Waals surface area contributed by atoms with Gasteiger partial charge in [-0.1, -0.05) is 6.92 Å². The van der Waals surface area contributed by atoms with Gasteiger partial charge in [0, 0.05) is 12.8 Å². The molecule has 0 aromatic heterocycles. The average molecular weight is 125 g/mol. The lowest BCUT2D eigenvalue weighted by molar-refractivity contribution is -0.120. The largest absolute Gasteiger partial charge is 0.300 e. The summed E-state index contributed by atoms with van der Waals surface area (Å²) in [6, 6.07) is 0. The molecule has 0 saturated heterocycles. The maximum Gasteiger partial charge on any atom is 0.132 e. The number of carbonyl (C=O) groups excluding carboxylic acids is 1. The van der Waals surface area contributed by atoms with Gasteiger partial charge in [0.05, 0.1) is 0 Å². The molecule has 0 N–H and O–H groups in total. The molecule has 0 amide bonds. The van der Waals surface area contributed by atoms with Crippen molar-refractivity contribution in [2.75, 3.05) is 0 Å². The normalized spacial score (nSPS) is 22.6. The Bertz CT molecular complexity index is 97.1. The van der Waals surface area contributed by atoms with Gasteiger partial charge in [0.1, 0.15) is 5.78 Å². The minimum Gasteiger partial charge on any atom is -0.300 e. The van der Waals surface area contributed by atoms with Gasteiger partial charge in [-0.2, -0.15) is 0 Å². The lowest BCUT2D eigenvalue weighted by Gasteiger charge is -2.17. The summed E-state index contributed by atoms with van der Waals surface area (Å²) in [5.74, 6) is 1.18. The number of Topliss-reactive ketones (excluding diaryl/α,β-unsaturated/α-hetero) is 1. The second-order valence-electron chi connectivity index (χ2n) is 2.71. The SMILES string of the molecule is C[CH]C1CCC(=O)CC1. The number of rotatable bonds is 1. The maximum atomic E-state index is 10.7. The van der Waals surface area contributed by atoms with Crippen molar-refractivity contribution in [3.05, 3.63) is 6.42 Å². The summed E-state index contributed by atoms with van der Waals surface area (Å²) < 4.78 is 0. The molecule has 1 fully saturated rings. The Morgan fingerprint density at radius 1 is 1.44 bits per heavy atom. The topological polar surface area (TPSA) is 17.1 Å². The van der Waals surface area contributed by atoms with E-state index in [2.05, 4.69) is 13.3 Å². The van der Waals surface area contributed by atoms with Crippen molar-refractivity contribution in [3.63, 3.8) is 0 Å². The highest BCUT2D eigenvalue weighted by Crippen LogP contribution is 2.22. The zero-order valence-corrected chi connectivity index (χ0v) is 5.89. The van der Waals surface area contributed by atoms with Crippen LogP contribution in [0.25, 0.3) is 0 Å². The van der Waals surface area contributed by atoms with Gasteiger partial charge in [0.25, 0.3) is 0 Å². The zero-order valence-electron chi connectivity index (χ0n) is 5.89. The van der Waals surface area contributed by atoms with Crippen molar-refractivity contribution in [2.45, 2.75) is 32.6 Å². The summed E-state index contributed by atoms with van der Waals surface area (Å²) in [6.07, 6.45) is 6.03. The second-order valence-corrected chi connectivity index (χ2v) is 2.71. The fraction of sp³-hybridized carbons (Fsp3) is 0.750. The molecule has 1 aliphatic carbocycles. The lowest BCUT2D eigenvalue weighted by atomic mass is 9.87. The molecule has 1 aliphatic rings. The molecule has 0 aromatic carbocycles. The first-order valence-electron chi connectivity index (χ1n) is 3.64. The van der Waals surface area contributed by atoms with Gasteiger partial charge in [-0.05, 0) is 25.2 Å². The molecule has 1 saturated carbocycles. The van der Waals surface area contributed by atoms with Gasteiger partial charge >= 0.3 is 0 Å². The van der Waals surface area contributed by atoms with E-state index in [1.54, 1.807) is 0 Å². The quantitative estimate of drug-likeness (QED) is 0.523. The van der Waals surface area contributed by atoms with Crippen LogP contribution in [0.5, 0.6) is 0 Å². The Labute approximate surface area is 56.4 Å². The predicted molar refractivity (Wildman–Crippen MR) is 36.9 cm³/mol. The molecule has 0 spiro atoms. The minimum absolute atomic E-state index is 0.452. The van der Waals surface area contributed by atoms with Crippen molar-refractivity contribution in [3.8, 4) is 0 Å². The van der Waals surface area contributed by atoms with Crippen molar-refractivity contribution in [1.82, 2.24) is 0 Å². The fourth-order valence-electron chi connectivity index (χ4n) is 1.30. The molecule has 1 heteroatoms. The van der Waals surface area contributed by atoms with Crippen LogP contribution in [0, 0.1) is 12.3 Å². The Balaban J connectivity index is 2.26. The van der Waals surface area contributed by atoms with Crippen LogP contribution in [0.1, 0.15) is 32.6 Å². The van der Waals surface area contributed by atoms with E-state index in [0.29, 0.717) is 5.78 Å². The van der Waals surface area contributed by atoms with Gasteiger partial charge in [-0.3, -0.25) is 4.79 Å². The first-order valence-corrected chi connectivity index (χ1v) is 3.64. The third-order valence-corrected chi connectivity index (χ3v) is 2.06. The van der Waals surface area contributed by atoms with Crippen molar-refractivity contribution >= 4 is 5.78 Å². The van der Waals surface area contributed by atoms with Crippen LogP contribution in [0.4, 0.5) is 0 Å². The fourth-order valence-corrected chi connectivity index (χ4v) is 1.30. The Morgan fingerprint density at radius 3 is 2.44 bits per heavy atom. The predicted octanol–water partition coefficient (Wildman–Crippen LogP) is 1.97. The third kappa shape index (κ3) is 1.81. The Kier molecular flexibility index (Phi) is 2.26. The first-order chi connectivity index (χ1) is 4.33. The van der Waals surface area contributed by atoms with Crippen LogP contribution >= 0.6 is 0 Å². The molecule has 0 bridgehead atoms. The zero-order chi connectivity index (χ0) is 6.69. The summed E-state index contributed by atoms with van der Waals surface area (Å²) >= 11 is 0. The molecular weight excluding hydrogens is 112 g/mol. The Hall–Kier alpha value is -0.330. The van der Waals surface area contributed by atoms with E-state index in [9.17, 15) is 4.79 Å². The van der Waals surface area contributed by atoms with Gasteiger partial charge in [0.2, 0.25) is 0 Å². The summed E-state index contributed by atoms with van der Waals surface area (Å²) in [5, 5.41) is 0. The molecule has 51 valence electrons. The monoisotopic (exact) mass is 125 g/mol. The third-order valence-electron chi connectivity index (χ3n) is 2.06. The van der Waals surface area contributed by atoms with E-state index < -0.39 is 0 Å². The van der Waals surface area contributed by atoms with E-state index in [-0.39, 0.29) is 0 Å². The standard InChI is InChI=1S/C8H13O/c1-2-7-3-5-8(9)6-4-7/h2,7H,3-6H2,1H3. The average Bonchev–Trinajstić information content (AvgIpc) is 1.90. The second kappa shape index (κ2) is 3.00. The molecule has 0 heterocycles. The van der Waals surface area contributed by atoms with Gasteiger partial charge in [-0.15, -0.1) is 0 Å². The maximum absolute atomic E-state index is 10.7. The minimum atomic E-state index is 0.452. The molecule has 9 heavy (non-hydrogen) atoms. The molecule has 0 aromatic rings. The van der Waals surface area contributed by atoms with Gasteiger partial charge in [-0.25, -0.2) is 0 Å². The molecule has 0 unspecified atom stereocenters. The van der Waals surface area contributed by atoms with Gasteiger partial charge < -0.3 is 0 Å². The first kappa shape index (κ1) is 6.79. The van der Waals surface area contributed by atoms with E-state index >= 15 is 0 Å². The van der Waals surface area contributed by atoms with E-state index in [1.165, 1.54) is 0 Å². The van der Waals surface area contributed by atoms with Crippen molar-refractivity contribution in [2.24, 2.45) is 5.92 Å². The summed E-state index contributed by atoms with van der Waals surface area (Å²) in [5.41, 5.74) is 0. The van der Waals surface area contributed by atoms with Crippen LogP contribution in [-0.4, -0.2) is 5.78 Å². The highest BCUT2D eigenvalue weighted by molar-refractivity contribution is 5.79. The van der Waals surface area contributed by atoms with Crippen LogP contribution < -0.4 is 0 Å². The summed E-state index contributed by atoms with van der Waals surface area (Å²) in [4.78, 5) is 10.7. The van der Waals surface area contributed by atoms with Crippen LogP contribution in [0.15, 0.2) is 0 Å². The van der Waals surface area contributed by atoms with E-state index in [4.69, 9.17) is 0 Å². The van der Waals surface area contributed by atoms with Crippen LogP contribution in [-0.2, 0) is 4.79 Å². The molecule has 1 rings (SSSR count). The number of hydrogen-bond acceptors (Lipinski definition) is 1. The molecular formula is C8H13O. The highest BCUT2D eigenvalue weighted by Gasteiger charge is 2.16. The van der Waals surface area contributed by atoms with Crippen molar-refractivity contribution in [1.29, 1.82) is 0 Å². The molecule has 1 nitrogen and oxygen atoms in total. The Morgan fingerprint density at radius 2 is 2.00 bits per heavy atom. The lowest BCUT2D eigenvalue weighted by Crippen LogP contribution is -2.12. The van der Waals surface area contributed by atoms with E-state index in [1.807, 2.05) is 0 Å². The summed E-state index contributed by atoms with van der Waals surface area (Å²) in [7, 11) is 0. The number of ketones is 1. The smallest absolute Gasteiger partial charge is 0.132 e. The molecule has 0 aliphatic heterocycles. The summed E-state index contributed by atoms with van der Waals surface area (Å²) in [6.45, 7) is 2.08. The highest BCUT2D eigenvalue weighted by atomic mass is 16.1. The van der Waals surface area contributed by atoms with Crippen LogP contribution in [0.3, 0.4) is 0 Å². The molecule has 1 radical (unpaired) electrons. The number of carbonyl (C=O) groups is 1. The van der Waals surface area contributed by atoms with Crippen LogP contribution in [0.2, 0.25) is 0 Å². The van der Waals surface area contributed by atoms with Crippen molar-refractivity contribution < 1.29 is 4.79 Å². The number of hydrogen-bond donors (Lipinski definition) is 0. The van der Waals surface area contributed by atoms with E-state index in [0.717, 1.165) is 31.6 Å². The van der Waals surface area contributed by atoms with Gasteiger partial charge in [0.15, 0.2) is 0 Å².